The van der Waals surface area contributed by atoms with Gasteiger partial charge < -0.3 is 14.2 Å². The number of hydrogen-bond donors (Lipinski definition) is 1. The zero-order valence-corrected chi connectivity index (χ0v) is 15.2. The van der Waals surface area contributed by atoms with Gasteiger partial charge in [0.2, 0.25) is 0 Å². The lowest BCUT2D eigenvalue weighted by atomic mass is 9.95. The van der Waals surface area contributed by atoms with E-state index >= 15 is 0 Å². The molecule has 0 spiro atoms. The number of methoxy groups -OCH3 is 1. The second-order valence-electron chi connectivity index (χ2n) is 6.79. The van der Waals surface area contributed by atoms with Crippen molar-refractivity contribution in [2.75, 3.05) is 7.11 Å². The summed E-state index contributed by atoms with van der Waals surface area (Å²) >= 11 is 0. The van der Waals surface area contributed by atoms with Gasteiger partial charge in [-0.25, -0.2) is 4.79 Å². The highest BCUT2D eigenvalue weighted by Gasteiger charge is 2.42. The van der Waals surface area contributed by atoms with Crippen molar-refractivity contribution in [2.24, 2.45) is 0 Å². The van der Waals surface area contributed by atoms with Crippen molar-refractivity contribution in [2.45, 2.75) is 31.0 Å². The van der Waals surface area contributed by atoms with Crippen molar-refractivity contribution >= 4 is 12.0 Å². The third-order valence-corrected chi connectivity index (χ3v) is 5.04. The molecule has 4 rings (SSSR count). The summed E-state index contributed by atoms with van der Waals surface area (Å²) in [7, 11) is 1.27. The summed E-state index contributed by atoms with van der Waals surface area (Å²) in [5, 5.41) is 2.13. The van der Waals surface area contributed by atoms with E-state index < -0.39 is 29.8 Å². The van der Waals surface area contributed by atoms with E-state index in [0.717, 1.165) is 23.3 Å². The lowest BCUT2D eigenvalue weighted by Crippen LogP contribution is -2.28. The Morgan fingerprint density at radius 3 is 2.55 bits per heavy atom. The van der Waals surface area contributed by atoms with Crippen LogP contribution in [0.2, 0.25) is 0 Å². The smallest absolute Gasteiger partial charge is 0.416 e. The van der Waals surface area contributed by atoms with Gasteiger partial charge in [0.25, 0.3) is 5.91 Å². The number of carbonyl (C=O) groups is 2. The second-order valence-corrected chi connectivity index (χ2v) is 6.79. The van der Waals surface area contributed by atoms with Crippen LogP contribution in [-0.2, 0) is 22.1 Å². The monoisotopic (exact) mass is 407 g/mol. The summed E-state index contributed by atoms with van der Waals surface area (Å²) < 4.78 is 54.5. The average Bonchev–Trinajstić information content (AvgIpc) is 3.22. The average molecular weight is 407 g/mol. The Balaban J connectivity index is 1.56. The second kappa shape index (κ2) is 6.98. The number of amides is 2. The first-order valence-corrected chi connectivity index (χ1v) is 8.83. The maximum absolute atomic E-state index is 12.9. The van der Waals surface area contributed by atoms with E-state index in [0.29, 0.717) is 18.6 Å². The molecule has 1 fully saturated rings. The minimum absolute atomic E-state index is 0.0345. The number of rotatable bonds is 4. The molecule has 0 bridgehead atoms. The van der Waals surface area contributed by atoms with Crippen LogP contribution < -0.4 is 14.8 Å². The first kappa shape index (κ1) is 19.1. The molecule has 0 saturated carbocycles. The van der Waals surface area contributed by atoms with Crippen LogP contribution in [0.4, 0.5) is 18.0 Å². The third-order valence-electron chi connectivity index (χ3n) is 5.04. The van der Waals surface area contributed by atoms with Crippen LogP contribution in [0.5, 0.6) is 17.2 Å². The Bertz CT molecular complexity index is 989. The zero-order valence-electron chi connectivity index (χ0n) is 15.2. The van der Waals surface area contributed by atoms with Crippen molar-refractivity contribution in [1.29, 1.82) is 0 Å². The van der Waals surface area contributed by atoms with Gasteiger partial charge in [-0.15, -0.1) is 0 Å². The molecule has 2 aromatic rings. The molecular weight excluding hydrogens is 391 g/mol. The molecule has 1 unspecified atom stereocenters. The topological polar surface area (TPSA) is 73.9 Å². The fraction of sp³-hybridized carbons (Fsp3) is 0.300. The minimum Gasteiger partial charge on any atom is -0.493 e. The van der Waals surface area contributed by atoms with E-state index in [4.69, 9.17) is 14.2 Å². The van der Waals surface area contributed by atoms with E-state index in [-0.39, 0.29) is 17.4 Å². The number of halogens is 3. The number of carbonyl (C=O) groups excluding carboxylic acids is 2. The van der Waals surface area contributed by atoms with Crippen LogP contribution in [0.1, 0.15) is 29.0 Å². The molecule has 2 aromatic carbocycles. The predicted octanol–water partition coefficient (Wildman–Crippen LogP) is 4.17. The maximum Gasteiger partial charge on any atom is 0.416 e. The van der Waals surface area contributed by atoms with Gasteiger partial charge in [-0.3, -0.25) is 10.1 Å². The van der Waals surface area contributed by atoms with E-state index in [1.165, 1.54) is 13.2 Å². The molecule has 1 saturated heterocycles. The van der Waals surface area contributed by atoms with Crippen LogP contribution in [0.3, 0.4) is 0 Å². The van der Waals surface area contributed by atoms with E-state index in [9.17, 15) is 22.8 Å². The molecule has 9 heteroatoms. The highest BCUT2D eigenvalue weighted by Crippen LogP contribution is 2.42. The maximum atomic E-state index is 12.9. The normalized spacial score (nSPS) is 20.8. The Hall–Kier alpha value is -3.23. The van der Waals surface area contributed by atoms with E-state index in [1.807, 2.05) is 0 Å². The molecule has 1 N–H and O–H groups in total. The third kappa shape index (κ3) is 3.59. The molecule has 0 aromatic heterocycles. The highest BCUT2D eigenvalue weighted by molar-refractivity contribution is 6.00. The molecule has 0 radical (unpaired) electrons. The number of ether oxygens (including phenoxy) is 3. The van der Waals surface area contributed by atoms with Crippen LogP contribution in [0, 0.1) is 0 Å². The van der Waals surface area contributed by atoms with Crippen molar-refractivity contribution in [3.8, 4) is 17.2 Å². The summed E-state index contributed by atoms with van der Waals surface area (Å²) in [6.45, 7) is 0. The minimum atomic E-state index is -4.48. The van der Waals surface area contributed by atoms with Gasteiger partial charge >= 0.3 is 12.3 Å². The molecule has 2 amide bonds. The first-order chi connectivity index (χ1) is 13.8. The van der Waals surface area contributed by atoms with Crippen molar-refractivity contribution < 1.29 is 37.0 Å². The standard InChI is InChI=1S/C20H16F3NO5/c1-27-16-9-11(20(21,22)23)3-7-15(16)28-12-4-6-13-10(8-12)2-5-14(13)17-18(25)24-19(26)29-17/h3-4,6-9,14,17H,2,5H2,1H3,(H,24,25,26)/t14-,17?/m1/s1. The molecule has 2 atom stereocenters. The number of cyclic esters (lactones) is 1. The number of benzene rings is 2. The number of fused-ring (bicyclic) bond motifs is 1. The number of aryl methyl sites for hydroxylation is 1. The van der Waals surface area contributed by atoms with Crippen LogP contribution in [0.15, 0.2) is 36.4 Å². The van der Waals surface area contributed by atoms with Gasteiger partial charge in [0.15, 0.2) is 17.6 Å². The fourth-order valence-corrected chi connectivity index (χ4v) is 3.69. The van der Waals surface area contributed by atoms with Crippen molar-refractivity contribution in [3.05, 3.63) is 53.1 Å². The quantitative estimate of drug-likeness (QED) is 0.824. The summed E-state index contributed by atoms with van der Waals surface area (Å²) in [4.78, 5) is 23.2. The first-order valence-electron chi connectivity index (χ1n) is 8.83. The summed E-state index contributed by atoms with van der Waals surface area (Å²) in [6.07, 6.45) is -4.80. The molecule has 29 heavy (non-hydrogen) atoms. The summed E-state index contributed by atoms with van der Waals surface area (Å²) in [5.74, 6) is -0.157. The predicted molar refractivity (Wildman–Crippen MR) is 94.0 cm³/mol. The number of nitrogens with one attached hydrogen (secondary N) is 1. The lowest BCUT2D eigenvalue weighted by Gasteiger charge is -2.17. The fourth-order valence-electron chi connectivity index (χ4n) is 3.69. The van der Waals surface area contributed by atoms with E-state index in [2.05, 4.69) is 5.32 Å². The Labute approximate surface area is 163 Å². The van der Waals surface area contributed by atoms with Crippen molar-refractivity contribution in [3.63, 3.8) is 0 Å². The molecule has 6 nitrogen and oxygen atoms in total. The van der Waals surface area contributed by atoms with Crippen LogP contribution >= 0.6 is 0 Å². The molecular formula is C20H16F3NO5. The van der Waals surface area contributed by atoms with Gasteiger partial charge in [-0.05, 0) is 54.3 Å². The molecule has 1 aliphatic heterocycles. The van der Waals surface area contributed by atoms with Crippen LogP contribution in [-0.4, -0.2) is 25.2 Å². The summed E-state index contributed by atoms with van der Waals surface area (Å²) in [6, 6.07) is 8.21. The molecule has 2 aliphatic rings. The van der Waals surface area contributed by atoms with Crippen molar-refractivity contribution in [1.82, 2.24) is 5.32 Å². The Kier molecular flexibility index (Phi) is 4.60. The lowest BCUT2D eigenvalue weighted by molar-refractivity contribution is -0.137. The van der Waals surface area contributed by atoms with Crippen LogP contribution in [0.25, 0.3) is 0 Å². The molecule has 152 valence electrons. The number of hydrogen-bond acceptors (Lipinski definition) is 5. The molecule has 1 heterocycles. The Morgan fingerprint density at radius 2 is 1.90 bits per heavy atom. The van der Waals surface area contributed by atoms with E-state index in [1.54, 1.807) is 18.2 Å². The van der Waals surface area contributed by atoms with Gasteiger partial charge in [0.05, 0.1) is 12.7 Å². The SMILES string of the molecule is COc1cc(C(F)(F)F)ccc1Oc1ccc2c(c1)CC[C@H]2C1OC(=O)NC1=O. The number of alkyl halides is 3. The number of imide groups is 1. The Morgan fingerprint density at radius 1 is 1.10 bits per heavy atom. The summed E-state index contributed by atoms with van der Waals surface area (Å²) in [5.41, 5.74) is 0.976. The largest absolute Gasteiger partial charge is 0.493 e. The number of alkyl carbamates (subject to hydrolysis) is 1. The van der Waals surface area contributed by atoms with Gasteiger partial charge in [0.1, 0.15) is 5.75 Å². The van der Waals surface area contributed by atoms with Gasteiger partial charge in [-0.1, -0.05) is 6.07 Å². The zero-order chi connectivity index (χ0) is 20.8. The molecule has 1 aliphatic carbocycles. The van der Waals surface area contributed by atoms with Gasteiger partial charge in [-0.2, -0.15) is 13.2 Å². The highest BCUT2D eigenvalue weighted by atomic mass is 19.4. The van der Waals surface area contributed by atoms with Gasteiger partial charge in [0, 0.05) is 5.92 Å².